The molecule has 0 aliphatic carbocycles. The van der Waals surface area contributed by atoms with Gasteiger partial charge in [0.25, 0.3) is 0 Å². The average molecular weight is 172 g/mol. The minimum absolute atomic E-state index is 0.731. The van der Waals surface area contributed by atoms with Gasteiger partial charge in [-0.3, -0.25) is 0 Å². The molecule has 0 radical (unpaired) electrons. The molecular formula is C10H20O2. The summed E-state index contributed by atoms with van der Waals surface area (Å²) in [5.74, 6) is 0. The molecule has 0 heterocycles. The molecule has 0 aromatic rings. The van der Waals surface area contributed by atoms with Gasteiger partial charge in [0.05, 0.1) is 13.2 Å². The molecular weight excluding hydrogens is 152 g/mol. The highest BCUT2D eigenvalue weighted by Gasteiger charge is 1.89. The number of ether oxygens (including phenoxy) is 2. The molecule has 0 spiro atoms. The van der Waals surface area contributed by atoms with Gasteiger partial charge < -0.3 is 9.47 Å². The summed E-state index contributed by atoms with van der Waals surface area (Å²) in [7, 11) is 0. The summed E-state index contributed by atoms with van der Waals surface area (Å²) in [5.41, 5.74) is 1.34. The predicted molar refractivity (Wildman–Crippen MR) is 51.4 cm³/mol. The Bertz CT molecular complexity index is 119. The van der Waals surface area contributed by atoms with Crippen LogP contribution in [0.15, 0.2) is 11.6 Å². The van der Waals surface area contributed by atoms with Crippen molar-refractivity contribution in [1.82, 2.24) is 0 Å². The highest BCUT2D eigenvalue weighted by molar-refractivity contribution is 4.97. The maximum atomic E-state index is 5.23. The topological polar surface area (TPSA) is 18.5 Å². The van der Waals surface area contributed by atoms with Crippen molar-refractivity contribution in [3.05, 3.63) is 11.6 Å². The zero-order valence-corrected chi connectivity index (χ0v) is 8.43. The Morgan fingerprint density at radius 1 is 1.17 bits per heavy atom. The minimum atomic E-state index is 0.731. The van der Waals surface area contributed by atoms with Crippen LogP contribution in [0.1, 0.15) is 27.2 Å². The van der Waals surface area contributed by atoms with Crippen molar-refractivity contribution in [3.63, 3.8) is 0 Å². The fourth-order valence-electron chi connectivity index (χ4n) is 0.799. The third kappa shape index (κ3) is 7.76. The number of rotatable bonds is 7. The van der Waals surface area contributed by atoms with Gasteiger partial charge in [0.2, 0.25) is 0 Å². The van der Waals surface area contributed by atoms with Crippen molar-refractivity contribution >= 4 is 0 Å². The first-order valence-electron chi connectivity index (χ1n) is 4.62. The molecule has 0 unspecified atom stereocenters. The van der Waals surface area contributed by atoms with Crippen LogP contribution in [0.3, 0.4) is 0 Å². The van der Waals surface area contributed by atoms with Crippen LogP contribution < -0.4 is 0 Å². The van der Waals surface area contributed by atoms with Gasteiger partial charge in [0.1, 0.15) is 0 Å². The van der Waals surface area contributed by atoms with E-state index in [1.165, 1.54) is 5.57 Å². The normalized spacial score (nSPS) is 12.1. The van der Waals surface area contributed by atoms with Crippen molar-refractivity contribution in [2.24, 2.45) is 0 Å². The fourth-order valence-corrected chi connectivity index (χ4v) is 0.799. The molecule has 0 fully saturated rings. The van der Waals surface area contributed by atoms with E-state index in [-0.39, 0.29) is 0 Å². The van der Waals surface area contributed by atoms with E-state index in [4.69, 9.17) is 9.47 Å². The van der Waals surface area contributed by atoms with E-state index in [2.05, 4.69) is 13.0 Å². The summed E-state index contributed by atoms with van der Waals surface area (Å²) in [6.07, 6.45) is 3.13. The van der Waals surface area contributed by atoms with Crippen LogP contribution in [0.25, 0.3) is 0 Å². The first-order valence-corrected chi connectivity index (χ1v) is 4.62. The van der Waals surface area contributed by atoms with E-state index in [1.807, 2.05) is 13.8 Å². The van der Waals surface area contributed by atoms with Crippen molar-refractivity contribution in [1.29, 1.82) is 0 Å². The standard InChI is InChI=1S/C10H20O2/c1-4-11-8-6-10(3)7-9-12-5-2/h6H,4-5,7-9H2,1-3H3/b10-6-. The fraction of sp³-hybridized carbons (Fsp3) is 0.800. The monoisotopic (exact) mass is 172 g/mol. The van der Waals surface area contributed by atoms with E-state index in [9.17, 15) is 0 Å². The average Bonchev–Trinajstić information content (AvgIpc) is 2.06. The zero-order valence-electron chi connectivity index (χ0n) is 8.43. The minimum Gasteiger partial charge on any atom is -0.381 e. The second-order valence-electron chi connectivity index (χ2n) is 2.66. The first-order chi connectivity index (χ1) is 5.81. The Hall–Kier alpha value is -0.340. The molecule has 0 saturated carbocycles. The summed E-state index contributed by atoms with van der Waals surface area (Å²) in [6.45, 7) is 9.27. The van der Waals surface area contributed by atoms with Crippen LogP contribution in [0, 0.1) is 0 Å². The molecule has 0 aromatic heterocycles. The Morgan fingerprint density at radius 2 is 1.83 bits per heavy atom. The highest BCUT2D eigenvalue weighted by Crippen LogP contribution is 1.99. The van der Waals surface area contributed by atoms with Gasteiger partial charge in [-0.25, -0.2) is 0 Å². The summed E-state index contributed by atoms with van der Waals surface area (Å²) in [5, 5.41) is 0. The van der Waals surface area contributed by atoms with Gasteiger partial charge in [-0.2, -0.15) is 0 Å². The van der Waals surface area contributed by atoms with Gasteiger partial charge in [0.15, 0.2) is 0 Å². The van der Waals surface area contributed by atoms with Crippen molar-refractivity contribution < 1.29 is 9.47 Å². The lowest BCUT2D eigenvalue weighted by atomic mass is 10.2. The molecule has 0 rings (SSSR count). The zero-order chi connectivity index (χ0) is 9.23. The summed E-state index contributed by atoms with van der Waals surface area (Å²) >= 11 is 0. The van der Waals surface area contributed by atoms with Crippen molar-refractivity contribution in [3.8, 4) is 0 Å². The molecule has 0 atom stereocenters. The molecule has 72 valence electrons. The number of hydrogen-bond donors (Lipinski definition) is 0. The molecule has 2 heteroatoms. The Morgan fingerprint density at radius 3 is 2.42 bits per heavy atom. The molecule has 0 aliphatic rings. The Balaban J connectivity index is 3.29. The SMILES string of the molecule is CCOC/C=C(/C)CCOCC. The molecule has 2 nitrogen and oxygen atoms in total. The quantitative estimate of drug-likeness (QED) is 0.433. The molecule has 0 aromatic carbocycles. The smallest absolute Gasteiger partial charge is 0.0649 e. The molecule has 0 bridgehead atoms. The van der Waals surface area contributed by atoms with Gasteiger partial charge in [0, 0.05) is 13.2 Å². The lowest BCUT2D eigenvalue weighted by Gasteiger charge is -2.01. The molecule has 0 N–H and O–H groups in total. The van der Waals surface area contributed by atoms with Crippen molar-refractivity contribution in [2.75, 3.05) is 26.4 Å². The van der Waals surface area contributed by atoms with Crippen molar-refractivity contribution in [2.45, 2.75) is 27.2 Å². The van der Waals surface area contributed by atoms with Crippen LogP contribution in [0.4, 0.5) is 0 Å². The second kappa shape index (κ2) is 8.75. The second-order valence-corrected chi connectivity index (χ2v) is 2.66. The molecule has 0 saturated heterocycles. The Kier molecular flexibility index (Phi) is 8.51. The van der Waals surface area contributed by atoms with Gasteiger partial charge in [-0.1, -0.05) is 11.6 Å². The van der Waals surface area contributed by atoms with Gasteiger partial charge in [-0.05, 0) is 27.2 Å². The molecule has 0 amide bonds. The van der Waals surface area contributed by atoms with Gasteiger partial charge in [-0.15, -0.1) is 0 Å². The van der Waals surface area contributed by atoms with E-state index in [0.29, 0.717) is 0 Å². The van der Waals surface area contributed by atoms with Crippen LogP contribution in [0.2, 0.25) is 0 Å². The predicted octanol–water partition coefficient (Wildman–Crippen LogP) is 2.40. The molecule has 0 aliphatic heterocycles. The highest BCUT2D eigenvalue weighted by atomic mass is 16.5. The lowest BCUT2D eigenvalue weighted by molar-refractivity contribution is 0.150. The molecule has 12 heavy (non-hydrogen) atoms. The first kappa shape index (κ1) is 11.7. The van der Waals surface area contributed by atoms with Crippen LogP contribution in [-0.2, 0) is 9.47 Å². The van der Waals surface area contributed by atoms with Gasteiger partial charge >= 0.3 is 0 Å². The summed E-state index contributed by atoms with van der Waals surface area (Å²) in [6, 6.07) is 0. The van der Waals surface area contributed by atoms with E-state index in [1.54, 1.807) is 0 Å². The lowest BCUT2D eigenvalue weighted by Crippen LogP contribution is -1.95. The maximum Gasteiger partial charge on any atom is 0.0649 e. The largest absolute Gasteiger partial charge is 0.381 e. The summed E-state index contributed by atoms with van der Waals surface area (Å²) in [4.78, 5) is 0. The number of hydrogen-bond acceptors (Lipinski definition) is 2. The third-order valence-corrected chi connectivity index (χ3v) is 1.60. The van der Waals surface area contributed by atoms with Crippen LogP contribution >= 0.6 is 0 Å². The van der Waals surface area contributed by atoms with E-state index >= 15 is 0 Å². The maximum absolute atomic E-state index is 5.23. The van der Waals surface area contributed by atoms with E-state index < -0.39 is 0 Å². The summed E-state index contributed by atoms with van der Waals surface area (Å²) < 4.78 is 10.4. The van der Waals surface area contributed by atoms with E-state index in [0.717, 1.165) is 32.8 Å². The third-order valence-electron chi connectivity index (χ3n) is 1.60. The Labute approximate surface area is 75.6 Å². The van der Waals surface area contributed by atoms with Crippen LogP contribution in [0.5, 0.6) is 0 Å². The van der Waals surface area contributed by atoms with Crippen LogP contribution in [-0.4, -0.2) is 26.4 Å².